The molecule has 0 aliphatic heterocycles. The first-order chi connectivity index (χ1) is 8.63. The fourth-order valence-electron chi connectivity index (χ4n) is 2.87. The molecule has 4 heteroatoms. The van der Waals surface area contributed by atoms with E-state index in [1.807, 2.05) is 6.92 Å². The van der Waals surface area contributed by atoms with Crippen molar-refractivity contribution >= 4 is 5.97 Å². The van der Waals surface area contributed by atoms with E-state index in [-0.39, 0.29) is 5.97 Å². The molecule has 2 aliphatic rings. The molecule has 2 fully saturated rings. The molecule has 0 spiro atoms. The van der Waals surface area contributed by atoms with Gasteiger partial charge in [-0.05, 0) is 32.6 Å². The van der Waals surface area contributed by atoms with E-state index in [4.69, 9.17) is 4.74 Å². The van der Waals surface area contributed by atoms with Crippen LogP contribution in [-0.4, -0.2) is 47.3 Å². The molecule has 0 bridgehead atoms. The number of ether oxygens (including phenoxy) is 1. The Morgan fingerprint density at radius 2 is 2.00 bits per heavy atom. The van der Waals surface area contributed by atoms with E-state index in [9.17, 15) is 9.90 Å². The molecular weight excluding hydrogens is 230 g/mol. The van der Waals surface area contributed by atoms with Gasteiger partial charge in [0.05, 0.1) is 18.8 Å². The minimum absolute atomic E-state index is 0.163. The summed E-state index contributed by atoms with van der Waals surface area (Å²) >= 11 is 0. The standard InChI is InChI=1S/C14H25NO3/c1-2-18-13(16)10-15(12-6-7-12)11-14(17)8-4-3-5-9-14/h12,17H,2-11H2,1H3. The van der Waals surface area contributed by atoms with Crippen LogP contribution in [0.1, 0.15) is 51.9 Å². The van der Waals surface area contributed by atoms with Crippen molar-refractivity contribution < 1.29 is 14.6 Å². The van der Waals surface area contributed by atoms with Crippen LogP contribution >= 0.6 is 0 Å². The Morgan fingerprint density at radius 3 is 2.56 bits per heavy atom. The van der Waals surface area contributed by atoms with Crippen molar-refractivity contribution in [3.8, 4) is 0 Å². The molecule has 0 unspecified atom stereocenters. The van der Waals surface area contributed by atoms with E-state index >= 15 is 0 Å². The summed E-state index contributed by atoms with van der Waals surface area (Å²) in [5.74, 6) is -0.163. The van der Waals surface area contributed by atoms with Crippen LogP contribution in [0, 0.1) is 0 Å². The molecule has 0 saturated heterocycles. The summed E-state index contributed by atoms with van der Waals surface area (Å²) in [4.78, 5) is 13.7. The van der Waals surface area contributed by atoms with Gasteiger partial charge in [0.25, 0.3) is 0 Å². The van der Waals surface area contributed by atoms with Crippen LogP contribution in [0.15, 0.2) is 0 Å². The SMILES string of the molecule is CCOC(=O)CN(CC1(O)CCCCC1)C1CC1. The van der Waals surface area contributed by atoms with Crippen molar-refractivity contribution in [3.63, 3.8) is 0 Å². The number of carbonyl (C=O) groups is 1. The number of nitrogens with zero attached hydrogens (tertiary/aromatic N) is 1. The first-order valence-corrected chi connectivity index (χ1v) is 7.25. The van der Waals surface area contributed by atoms with E-state index in [2.05, 4.69) is 4.90 Å². The van der Waals surface area contributed by atoms with Crippen molar-refractivity contribution in [2.75, 3.05) is 19.7 Å². The van der Waals surface area contributed by atoms with Crippen molar-refractivity contribution in [3.05, 3.63) is 0 Å². The third-order valence-corrected chi connectivity index (χ3v) is 3.98. The number of hydrogen-bond acceptors (Lipinski definition) is 4. The maximum absolute atomic E-state index is 11.6. The zero-order valence-corrected chi connectivity index (χ0v) is 11.4. The zero-order valence-electron chi connectivity index (χ0n) is 11.4. The van der Waals surface area contributed by atoms with E-state index in [0.717, 1.165) is 38.5 Å². The molecule has 0 heterocycles. The largest absolute Gasteiger partial charge is 0.465 e. The second-order valence-electron chi connectivity index (χ2n) is 5.73. The summed E-state index contributed by atoms with van der Waals surface area (Å²) < 4.78 is 5.01. The first-order valence-electron chi connectivity index (χ1n) is 7.25. The Morgan fingerprint density at radius 1 is 1.33 bits per heavy atom. The van der Waals surface area contributed by atoms with Crippen LogP contribution in [0.25, 0.3) is 0 Å². The van der Waals surface area contributed by atoms with E-state index in [1.165, 1.54) is 6.42 Å². The molecule has 2 rings (SSSR count). The number of aliphatic hydroxyl groups is 1. The fraction of sp³-hybridized carbons (Fsp3) is 0.929. The van der Waals surface area contributed by atoms with Gasteiger partial charge >= 0.3 is 5.97 Å². The Kier molecular flexibility index (Phi) is 4.62. The van der Waals surface area contributed by atoms with Crippen LogP contribution in [0.4, 0.5) is 0 Å². The van der Waals surface area contributed by atoms with Crippen LogP contribution < -0.4 is 0 Å². The van der Waals surface area contributed by atoms with Gasteiger partial charge in [-0.2, -0.15) is 0 Å². The van der Waals surface area contributed by atoms with Gasteiger partial charge in [-0.25, -0.2) is 0 Å². The lowest BCUT2D eigenvalue weighted by atomic mass is 9.84. The molecule has 4 nitrogen and oxygen atoms in total. The third-order valence-electron chi connectivity index (χ3n) is 3.98. The quantitative estimate of drug-likeness (QED) is 0.734. The van der Waals surface area contributed by atoms with Crippen LogP contribution in [-0.2, 0) is 9.53 Å². The topological polar surface area (TPSA) is 49.8 Å². The molecule has 0 aromatic carbocycles. The van der Waals surface area contributed by atoms with Crippen molar-refractivity contribution in [2.24, 2.45) is 0 Å². The predicted octanol–water partition coefficient (Wildman–Crippen LogP) is 1.71. The summed E-state index contributed by atoms with van der Waals surface area (Å²) in [6, 6.07) is 0.486. The summed E-state index contributed by atoms with van der Waals surface area (Å²) in [6.45, 7) is 3.23. The van der Waals surface area contributed by atoms with Crippen molar-refractivity contribution in [2.45, 2.75) is 63.5 Å². The van der Waals surface area contributed by atoms with Gasteiger partial charge in [-0.15, -0.1) is 0 Å². The van der Waals surface area contributed by atoms with Gasteiger partial charge in [0, 0.05) is 12.6 Å². The maximum atomic E-state index is 11.6. The second kappa shape index (κ2) is 6.02. The Balaban J connectivity index is 1.87. The number of esters is 1. The molecule has 0 atom stereocenters. The highest BCUT2D eigenvalue weighted by atomic mass is 16.5. The van der Waals surface area contributed by atoms with Crippen LogP contribution in [0.2, 0.25) is 0 Å². The average molecular weight is 255 g/mol. The zero-order chi connectivity index (χ0) is 13.0. The molecule has 2 saturated carbocycles. The van der Waals surface area contributed by atoms with Crippen LogP contribution in [0.3, 0.4) is 0 Å². The Hall–Kier alpha value is -0.610. The van der Waals surface area contributed by atoms with E-state index < -0.39 is 5.60 Å². The smallest absolute Gasteiger partial charge is 0.320 e. The fourth-order valence-corrected chi connectivity index (χ4v) is 2.87. The molecule has 2 aliphatic carbocycles. The van der Waals surface area contributed by atoms with Crippen molar-refractivity contribution in [1.29, 1.82) is 0 Å². The minimum Gasteiger partial charge on any atom is -0.465 e. The predicted molar refractivity (Wildman–Crippen MR) is 69.3 cm³/mol. The van der Waals surface area contributed by atoms with Gasteiger partial charge in [0.1, 0.15) is 0 Å². The summed E-state index contributed by atoms with van der Waals surface area (Å²) in [5, 5.41) is 10.6. The highest BCUT2D eigenvalue weighted by molar-refractivity contribution is 5.71. The Labute approximate surface area is 109 Å². The lowest BCUT2D eigenvalue weighted by molar-refractivity contribution is -0.145. The lowest BCUT2D eigenvalue weighted by Gasteiger charge is -2.36. The molecule has 0 amide bonds. The lowest BCUT2D eigenvalue weighted by Crippen LogP contribution is -2.47. The summed E-state index contributed by atoms with van der Waals surface area (Å²) in [5.41, 5.74) is -0.576. The average Bonchev–Trinajstić information content (AvgIpc) is 3.13. The molecular formula is C14H25NO3. The number of hydrogen-bond donors (Lipinski definition) is 1. The molecule has 0 aromatic heterocycles. The molecule has 104 valence electrons. The first kappa shape index (κ1) is 13.8. The monoisotopic (exact) mass is 255 g/mol. The number of carbonyl (C=O) groups excluding carboxylic acids is 1. The summed E-state index contributed by atoms with van der Waals surface area (Å²) in [7, 11) is 0. The second-order valence-corrected chi connectivity index (χ2v) is 5.73. The Bertz CT molecular complexity index is 283. The van der Waals surface area contributed by atoms with Gasteiger partial charge in [0.2, 0.25) is 0 Å². The maximum Gasteiger partial charge on any atom is 0.320 e. The molecule has 1 N–H and O–H groups in total. The van der Waals surface area contributed by atoms with Crippen molar-refractivity contribution in [1.82, 2.24) is 4.90 Å². The van der Waals surface area contributed by atoms with Gasteiger partial charge in [-0.1, -0.05) is 19.3 Å². The third kappa shape index (κ3) is 3.95. The summed E-state index contributed by atoms with van der Waals surface area (Å²) in [6.07, 6.45) is 7.48. The highest BCUT2D eigenvalue weighted by Crippen LogP contribution is 2.33. The van der Waals surface area contributed by atoms with Gasteiger partial charge in [0.15, 0.2) is 0 Å². The van der Waals surface area contributed by atoms with E-state index in [1.54, 1.807) is 0 Å². The van der Waals surface area contributed by atoms with Gasteiger partial charge in [-0.3, -0.25) is 9.69 Å². The minimum atomic E-state index is -0.576. The van der Waals surface area contributed by atoms with Crippen LogP contribution in [0.5, 0.6) is 0 Å². The molecule has 0 aromatic rings. The number of rotatable bonds is 6. The normalized spacial score (nSPS) is 23.1. The van der Waals surface area contributed by atoms with E-state index in [0.29, 0.717) is 25.7 Å². The molecule has 18 heavy (non-hydrogen) atoms. The molecule has 0 radical (unpaired) electrons. The van der Waals surface area contributed by atoms with Gasteiger partial charge < -0.3 is 9.84 Å². The highest BCUT2D eigenvalue weighted by Gasteiger charge is 2.38.